The molecule has 82 valence electrons. The van der Waals surface area contributed by atoms with Crippen molar-refractivity contribution in [3.8, 4) is 0 Å². The third-order valence-electron chi connectivity index (χ3n) is 3.25. The molecule has 1 aromatic rings. The van der Waals surface area contributed by atoms with Crippen molar-refractivity contribution in [1.29, 1.82) is 0 Å². The highest BCUT2D eigenvalue weighted by molar-refractivity contribution is 5.41. The number of pyridine rings is 1. The molecule has 0 saturated carbocycles. The van der Waals surface area contributed by atoms with Crippen molar-refractivity contribution in [2.45, 2.75) is 38.8 Å². The predicted octanol–water partition coefficient (Wildman–Crippen LogP) is 2.04. The SMILES string of the molecule is CCC1CCCN1Cc1ncccc1N. The topological polar surface area (TPSA) is 42.2 Å². The Labute approximate surface area is 91.3 Å². The maximum atomic E-state index is 5.90. The van der Waals surface area contributed by atoms with Crippen molar-refractivity contribution < 1.29 is 0 Å². The lowest BCUT2D eigenvalue weighted by Crippen LogP contribution is -2.28. The normalized spacial score (nSPS) is 22.1. The maximum absolute atomic E-state index is 5.90. The minimum atomic E-state index is 0.728. The summed E-state index contributed by atoms with van der Waals surface area (Å²) in [7, 11) is 0. The van der Waals surface area contributed by atoms with Gasteiger partial charge in [-0.25, -0.2) is 0 Å². The second kappa shape index (κ2) is 4.62. The largest absolute Gasteiger partial charge is 0.397 e. The minimum absolute atomic E-state index is 0.728. The molecule has 0 radical (unpaired) electrons. The summed E-state index contributed by atoms with van der Waals surface area (Å²) in [6, 6.07) is 4.55. The molecule has 15 heavy (non-hydrogen) atoms. The number of likely N-dealkylation sites (tertiary alicyclic amines) is 1. The standard InChI is InChI=1S/C12H19N3/c1-2-10-5-4-8-15(10)9-12-11(13)6-3-7-14-12/h3,6-7,10H,2,4-5,8-9,13H2,1H3. The van der Waals surface area contributed by atoms with Crippen LogP contribution in [0.3, 0.4) is 0 Å². The lowest BCUT2D eigenvalue weighted by molar-refractivity contribution is 0.238. The van der Waals surface area contributed by atoms with Gasteiger partial charge in [0.1, 0.15) is 0 Å². The van der Waals surface area contributed by atoms with E-state index >= 15 is 0 Å². The Morgan fingerprint density at radius 1 is 1.60 bits per heavy atom. The van der Waals surface area contributed by atoms with Crippen LogP contribution in [0, 0.1) is 0 Å². The molecular formula is C12H19N3. The smallest absolute Gasteiger partial charge is 0.0772 e. The third kappa shape index (κ3) is 2.29. The summed E-state index contributed by atoms with van der Waals surface area (Å²) in [5, 5.41) is 0. The molecule has 1 atom stereocenters. The molecule has 0 aromatic carbocycles. The maximum Gasteiger partial charge on any atom is 0.0772 e. The third-order valence-corrected chi connectivity index (χ3v) is 3.25. The Hall–Kier alpha value is -1.09. The van der Waals surface area contributed by atoms with E-state index in [1.54, 1.807) is 0 Å². The van der Waals surface area contributed by atoms with Gasteiger partial charge in [0.2, 0.25) is 0 Å². The summed E-state index contributed by atoms with van der Waals surface area (Å²) in [6.07, 6.45) is 5.68. The Balaban J connectivity index is 2.05. The number of hydrogen-bond donors (Lipinski definition) is 1. The number of hydrogen-bond acceptors (Lipinski definition) is 3. The Morgan fingerprint density at radius 3 is 3.20 bits per heavy atom. The minimum Gasteiger partial charge on any atom is -0.397 e. The second-order valence-corrected chi connectivity index (χ2v) is 4.21. The zero-order valence-corrected chi connectivity index (χ0v) is 9.32. The first-order valence-electron chi connectivity index (χ1n) is 5.74. The lowest BCUT2D eigenvalue weighted by Gasteiger charge is -2.23. The van der Waals surface area contributed by atoms with Gasteiger partial charge in [0, 0.05) is 18.8 Å². The van der Waals surface area contributed by atoms with Crippen LogP contribution in [0.4, 0.5) is 5.69 Å². The van der Waals surface area contributed by atoms with Crippen molar-refractivity contribution in [3.05, 3.63) is 24.0 Å². The number of anilines is 1. The van der Waals surface area contributed by atoms with Crippen LogP contribution in [0.1, 0.15) is 31.9 Å². The van der Waals surface area contributed by atoms with Crippen LogP contribution in [0.2, 0.25) is 0 Å². The van der Waals surface area contributed by atoms with Gasteiger partial charge in [-0.15, -0.1) is 0 Å². The Bertz CT molecular complexity index is 324. The highest BCUT2D eigenvalue weighted by Gasteiger charge is 2.23. The van der Waals surface area contributed by atoms with E-state index in [2.05, 4.69) is 16.8 Å². The molecule has 0 amide bonds. The molecule has 2 heterocycles. The number of nitrogens with zero attached hydrogens (tertiary/aromatic N) is 2. The van der Waals surface area contributed by atoms with Gasteiger partial charge in [-0.3, -0.25) is 9.88 Å². The van der Waals surface area contributed by atoms with Crippen molar-refractivity contribution >= 4 is 5.69 Å². The van der Waals surface area contributed by atoms with Crippen LogP contribution in [0.15, 0.2) is 18.3 Å². The first-order chi connectivity index (χ1) is 7.31. The zero-order valence-electron chi connectivity index (χ0n) is 9.32. The highest BCUT2D eigenvalue weighted by Crippen LogP contribution is 2.22. The molecule has 0 aliphatic carbocycles. The van der Waals surface area contributed by atoms with E-state index in [1.165, 1.54) is 25.8 Å². The molecule has 3 nitrogen and oxygen atoms in total. The van der Waals surface area contributed by atoms with E-state index in [9.17, 15) is 0 Å². The van der Waals surface area contributed by atoms with Crippen molar-refractivity contribution in [1.82, 2.24) is 9.88 Å². The van der Waals surface area contributed by atoms with E-state index in [0.717, 1.165) is 24.0 Å². The fraction of sp³-hybridized carbons (Fsp3) is 0.583. The average molecular weight is 205 g/mol. The fourth-order valence-electron chi connectivity index (χ4n) is 2.34. The van der Waals surface area contributed by atoms with E-state index in [1.807, 2.05) is 18.3 Å². The second-order valence-electron chi connectivity index (χ2n) is 4.21. The number of nitrogen functional groups attached to an aromatic ring is 1. The van der Waals surface area contributed by atoms with Crippen LogP contribution in [0.5, 0.6) is 0 Å². The summed E-state index contributed by atoms with van der Waals surface area (Å²) in [4.78, 5) is 6.84. The molecule has 0 bridgehead atoms. The zero-order chi connectivity index (χ0) is 10.7. The van der Waals surface area contributed by atoms with E-state index in [4.69, 9.17) is 5.73 Å². The van der Waals surface area contributed by atoms with Gasteiger partial charge in [0.15, 0.2) is 0 Å². The summed E-state index contributed by atoms with van der Waals surface area (Å²) in [5.74, 6) is 0. The van der Waals surface area contributed by atoms with E-state index < -0.39 is 0 Å². The lowest BCUT2D eigenvalue weighted by atomic mass is 10.1. The molecule has 1 unspecified atom stereocenters. The van der Waals surface area contributed by atoms with E-state index in [-0.39, 0.29) is 0 Å². The number of rotatable bonds is 3. The van der Waals surface area contributed by atoms with Crippen LogP contribution in [-0.2, 0) is 6.54 Å². The fourth-order valence-corrected chi connectivity index (χ4v) is 2.34. The molecule has 1 aliphatic heterocycles. The van der Waals surface area contributed by atoms with Gasteiger partial charge in [-0.05, 0) is 37.9 Å². The van der Waals surface area contributed by atoms with Gasteiger partial charge < -0.3 is 5.73 Å². The van der Waals surface area contributed by atoms with Crippen LogP contribution < -0.4 is 5.73 Å². The van der Waals surface area contributed by atoms with Crippen molar-refractivity contribution in [3.63, 3.8) is 0 Å². The molecule has 1 fully saturated rings. The summed E-state index contributed by atoms with van der Waals surface area (Å²) >= 11 is 0. The molecule has 1 saturated heterocycles. The van der Waals surface area contributed by atoms with Crippen molar-refractivity contribution in [2.24, 2.45) is 0 Å². The molecular weight excluding hydrogens is 186 g/mol. The highest BCUT2D eigenvalue weighted by atomic mass is 15.2. The first-order valence-corrected chi connectivity index (χ1v) is 5.74. The summed E-state index contributed by atoms with van der Waals surface area (Å²) in [6.45, 7) is 4.35. The average Bonchev–Trinajstić information content (AvgIpc) is 2.69. The van der Waals surface area contributed by atoms with Gasteiger partial charge in [-0.2, -0.15) is 0 Å². The molecule has 2 N–H and O–H groups in total. The van der Waals surface area contributed by atoms with Crippen LogP contribution >= 0.6 is 0 Å². The van der Waals surface area contributed by atoms with Crippen LogP contribution in [0.25, 0.3) is 0 Å². The molecule has 2 rings (SSSR count). The molecule has 0 spiro atoms. The van der Waals surface area contributed by atoms with Gasteiger partial charge >= 0.3 is 0 Å². The quantitative estimate of drug-likeness (QED) is 0.821. The van der Waals surface area contributed by atoms with Gasteiger partial charge in [-0.1, -0.05) is 6.92 Å². The van der Waals surface area contributed by atoms with Gasteiger partial charge in [0.05, 0.1) is 11.4 Å². The molecule has 1 aromatic heterocycles. The van der Waals surface area contributed by atoms with Gasteiger partial charge in [0.25, 0.3) is 0 Å². The van der Waals surface area contributed by atoms with E-state index in [0.29, 0.717) is 0 Å². The number of aromatic nitrogens is 1. The predicted molar refractivity (Wildman–Crippen MR) is 62.4 cm³/mol. The Morgan fingerprint density at radius 2 is 2.47 bits per heavy atom. The monoisotopic (exact) mass is 205 g/mol. The van der Waals surface area contributed by atoms with Crippen LogP contribution in [-0.4, -0.2) is 22.5 Å². The Kier molecular flexibility index (Phi) is 3.21. The molecule has 3 heteroatoms. The summed E-state index contributed by atoms with van der Waals surface area (Å²) < 4.78 is 0. The first kappa shape index (κ1) is 10.4. The molecule has 1 aliphatic rings. The number of nitrogens with two attached hydrogens (primary N) is 1. The summed E-state index contributed by atoms with van der Waals surface area (Å²) in [5.41, 5.74) is 7.74. The van der Waals surface area contributed by atoms with Crippen molar-refractivity contribution in [2.75, 3.05) is 12.3 Å².